The smallest absolute Gasteiger partial charge is 0.321 e. The molecule has 1 unspecified atom stereocenters. The first kappa shape index (κ1) is 17.3. The van der Waals surface area contributed by atoms with E-state index in [1.807, 2.05) is 31.2 Å². The molecule has 4 amide bonds. The van der Waals surface area contributed by atoms with E-state index in [0.29, 0.717) is 17.8 Å². The van der Waals surface area contributed by atoms with Crippen molar-refractivity contribution in [3.8, 4) is 0 Å². The Balaban J connectivity index is 1.55. The number of aromatic nitrogens is 2. The standard InChI is InChI=1S/C19H21N5O3/c1-11-16(12(2)23(3)22-11)20-15(25)10-24-17(26)19(21-18(24)27)9-8-13-6-4-5-7-14(13)19/h4-7H,8-10H2,1-3H3,(H,20,25)(H,21,27). The van der Waals surface area contributed by atoms with Gasteiger partial charge in [0, 0.05) is 7.05 Å². The van der Waals surface area contributed by atoms with Gasteiger partial charge in [-0.05, 0) is 37.8 Å². The number of nitrogens with zero attached hydrogens (tertiary/aromatic N) is 3. The summed E-state index contributed by atoms with van der Waals surface area (Å²) in [4.78, 5) is 39.1. The molecule has 2 aromatic rings. The van der Waals surface area contributed by atoms with Crippen LogP contribution >= 0.6 is 0 Å². The lowest BCUT2D eigenvalue weighted by Crippen LogP contribution is -2.43. The molecule has 0 bridgehead atoms. The molecule has 2 N–H and O–H groups in total. The van der Waals surface area contributed by atoms with Gasteiger partial charge in [0.2, 0.25) is 5.91 Å². The third kappa shape index (κ3) is 2.51. The summed E-state index contributed by atoms with van der Waals surface area (Å²) >= 11 is 0. The van der Waals surface area contributed by atoms with Gasteiger partial charge in [-0.25, -0.2) is 4.79 Å². The molecular weight excluding hydrogens is 346 g/mol. The van der Waals surface area contributed by atoms with Crippen molar-refractivity contribution < 1.29 is 14.4 Å². The first-order chi connectivity index (χ1) is 12.8. The van der Waals surface area contributed by atoms with Crippen LogP contribution in [0, 0.1) is 13.8 Å². The number of rotatable bonds is 3. The van der Waals surface area contributed by atoms with Gasteiger partial charge in [0.15, 0.2) is 0 Å². The van der Waals surface area contributed by atoms with Crippen LogP contribution in [0.15, 0.2) is 24.3 Å². The van der Waals surface area contributed by atoms with E-state index >= 15 is 0 Å². The van der Waals surface area contributed by atoms with Crippen LogP contribution in [-0.4, -0.2) is 39.1 Å². The number of nitrogens with one attached hydrogen (secondary N) is 2. The average molecular weight is 367 g/mol. The Morgan fingerprint density at radius 3 is 2.74 bits per heavy atom. The van der Waals surface area contributed by atoms with E-state index in [1.54, 1.807) is 18.7 Å². The van der Waals surface area contributed by atoms with Gasteiger partial charge in [-0.3, -0.25) is 19.2 Å². The van der Waals surface area contributed by atoms with E-state index in [0.717, 1.165) is 28.1 Å². The lowest BCUT2D eigenvalue weighted by Gasteiger charge is -2.22. The Hall–Kier alpha value is -3.16. The van der Waals surface area contributed by atoms with E-state index in [4.69, 9.17) is 0 Å². The Bertz CT molecular complexity index is 980. The molecule has 0 saturated carbocycles. The lowest BCUT2D eigenvalue weighted by atomic mass is 9.92. The van der Waals surface area contributed by atoms with Crippen molar-refractivity contribution in [2.24, 2.45) is 7.05 Å². The summed E-state index contributed by atoms with van der Waals surface area (Å²) in [5, 5.41) is 9.84. The van der Waals surface area contributed by atoms with Crippen molar-refractivity contribution in [1.82, 2.24) is 20.0 Å². The largest absolute Gasteiger partial charge is 0.325 e. The van der Waals surface area contributed by atoms with Crippen LogP contribution in [0.25, 0.3) is 0 Å². The maximum Gasteiger partial charge on any atom is 0.325 e. The summed E-state index contributed by atoms with van der Waals surface area (Å²) in [6.45, 7) is 3.30. The second kappa shape index (κ2) is 5.94. The first-order valence-corrected chi connectivity index (χ1v) is 8.86. The third-order valence-electron chi connectivity index (χ3n) is 5.50. The maximum atomic E-state index is 13.1. The molecule has 1 aliphatic carbocycles. The molecule has 140 valence electrons. The van der Waals surface area contributed by atoms with E-state index < -0.39 is 17.5 Å². The van der Waals surface area contributed by atoms with Crippen LogP contribution in [0.2, 0.25) is 0 Å². The summed E-state index contributed by atoms with van der Waals surface area (Å²) in [7, 11) is 1.79. The molecule has 2 aliphatic rings. The van der Waals surface area contributed by atoms with Crippen LogP contribution in [0.1, 0.15) is 28.9 Å². The Morgan fingerprint density at radius 1 is 1.30 bits per heavy atom. The highest BCUT2D eigenvalue weighted by Gasteiger charge is 2.55. The number of carbonyl (C=O) groups excluding carboxylic acids is 3. The van der Waals surface area contributed by atoms with Crippen LogP contribution in [-0.2, 0) is 28.6 Å². The highest BCUT2D eigenvalue weighted by atomic mass is 16.2. The van der Waals surface area contributed by atoms with Crippen LogP contribution < -0.4 is 10.6 Å². The van der Waals surface area contributed by atoms with Gasteiger partial charge in [0.05, 0.1) is 17.1 Å². The van der Waals surface area contributed by atoms with Gasteiger partial charge >= 0.3 is 6.03 Å². The predicted octanol–water partition coefficient (Wildman–Crippen LogP) is 1.37. The average Bonchev–Trinajstić information content (AvgIpc) is 3.20. The minimum atomic E-state index is -1.05. The quantitative estimate of drug-likeness (QED) is 0.801. The zero-order valence-corrected chi connectivity index (χ0v) is 15.5. The van der Waals surface area contributed by atoms with E-state index in [9.17, 15) is 14.4 Å². The fourth-order valence-electron chi connectivity index (χ4n) is 4.01. The van der Waals surface area contributed by atoms with Crippen LogP contribution in [0.5, 0.6) is 0 Å². The predicted molar refractivity (Wildman–Crippen MR) is 98.0 cm³/mol. The summed E-state index contributed by atoms with van der Waals surface area (Å²) in [5.74, 6) is -0.798. The molecule has 8 nitrogen and oxygen atoms in total. The molecule has 0 radical (unpaired) electrons. The number of urea groups is 1. The van der Waals surface area contributed by atoms with Crippen molar-refractivity contribution >= 4 is 23.5 Å². The monoisotopic (exact) mass is 367 g/mol. The van der Waals surface area contributed by atoms with Crippen molar-refractivity contribution in [2.45, 2.75) is 32.2 Å². The van der Waals surface area contributed by atoms with Gasteiger partial charge in [0.1, 0.15) is 12.1 Å². The van der Waals surface area contributed by atoms with E-state index in [1.165, 1.54) is 0 Å². The van der Waals surface area contributed by atoms with Gasteiger partial charge in [0.25, 0.3) is 5.91 Å². The van der Waals surface area contributed by atoms with E-state index in [2.05, 4.69) is 15.7 Å². The molecule has 1 aromatic heterocycles. The fraction of sp³-hybridized carbons (Fsp3) is 0.368. The molecule has 27 heavy (non-hydrogen) atoms. The number of hydrogen-bond donors (Lipinski definition) is 2. The Kier molecular flexibility index (Phi) is 3.80. The summed E-state index contributed by atoms with van der Waals surface area (Å²) in [5.41, 5.74) is 2.93. The minimum Gasteiger partial charge on any atom is -0.321 e. The SMILES string of the molecule is Cc1nn(C)c(C)c1NC(=O)CN1C(=O)NC2(CCc3ccccc32)C1=O. The molecule has 1 aromatic carbocycles. The number of benzene rings is 1. The third-order valence-corrected chi connectivity index (χ3v) is 5.50. The second-order valence-electron chi connectivity index (χ2n) is 7.10. The molecule has 1 fully saturated rings. The van der Waals surface area contributed by atoms with Crippen molar-refractivity contribution in [3.63, 3.8) is 0 Å². The normalized spacial score (nSPS) is 20.9. The first-order valence-electron chi connectivity index (χ1n) is 8.86. The van der Waals surface area contributed by atoms with Crippen LogP contribution in [0.3, 0.4) is 0 Å². The van der Waals surface area contributed by atoms with Gasteiger partial charge < -0.3 is 10.6 Å². The molecular formula is C19H21N5O3. The number of hydrogen-bond acceptors (Lipinski definition) is 4. The maximum absolute atomic E-state index is 13.1. The Morgan fingerprint density at radius 2 is 2.04 bits per heavy atom. The zero-order valence-electron chi connectivity index (χ0n) is 15.5. The minimum absolute atomic E-state index is 0.331. The van der Waals surface area contributed by atoms with Crippen molar-refractivity contribution in [2.75, 3.05) is 11.9 Å². The molecule has 2 heterocycles. The van der Waals surface area contributed by atoms with Gasteiger partial charge in [-0.1, -0.05) is 24.3 Å². The molecule has 1 atom stereocenters. The lowest BCUT2D eigenvalue weighted by molar-refractivity contribution is -0.134. The van der Waals surface area contributed by atoms with Crippen molar-refractivity contribution in [1.29, 1.82) is 0 Å². The van der Waals surface area contributed by atoms with Crippen LogP contribution in [0.4, 0.5) is 10.5 Å². The number of amides is 4. The fourth-order valence-corrected chi connectivity index (χ4v) is 4.01. The van der Waals surface area contributed by atoms with Gasteiger partial charge in [-0.15, -0.1) is 0 Å². The zero-order chi connectivity index (χ0) is 19.3. The summed E-state index contributed by atoms with van der Waals surface area (Å²) < 4.78 is 1.67. The number of carbonyl (C=O) groups is 3. The molecule has 1 aliphatic heterocycles. The summed E-state index contributed by atoms with van der Waals surface area (Å²) in [6, 6.07) is 7.07. The highest BCUT2D eigenvalue weighted by Crippen LogP contribution is 2.41. The number of fused-ring (bicyclic) bond motifs is 2. The molecule has 8 heteroatoms. The highest BCUT2D eigenvalue weighted by molar-refractivity contribution is 6.11. The van der Waals surface area contributed by atoms with Crippen molar-refractivity contribution in [3.05, 3.63) is 46.8 Å². The summed E-state index contributed by atoms with van der Waals surface area (Å²) in [6.07, 6.45) is 1.23. The topological polar surface area (TPSA) is 96.3 Å². The number of imide groups is 1. The number of anilines is 1. The molecule has 1 spiro atoms. The Labute approximate surface area is 156 Å². The second-order valence-corrected chi connectivity index (χ2v) is 7.10. The molecule has 1 saturated heterocycles. The van der Waals surface area contributed by atoms with E-state index in [-0.39, 0.29) is 12.5 Å². The van der Waals surface area contributed by atoms with Gasteiger partial charge in [-0.2, -0.15) is 5.10 Å². The molecule has 4 rings (SSSR count). The number of aryl methyl sites for hydroxylation is 3.